The molecule has 5 nitrogen and oxygen atoms in total. The summed E-state index contributed by atoms with van der Waals surface area (Å²) < 4.78 is 40.9. The minimum Gasteiger partial charge on any atom is -0.357 e. The van der Waals surface area contributed by atoms with Crippen LogP contribution < -0.4 is 9.62 Å². The molecule has 1 saturated heterocycles. The molecule has 1 aliphatic heterocycles. The highest BCUT2D eigenvalue weighted by Crippen LogP contribution is 2.20. The maximum atomic E-state index is 13.7. The molecule has 1 aromatic carbocycles. The van der Waals surface area contributed by atoms with Gasteiger partial charge in [0.1, 0.15) is 16.5 Å². The van der Waals surface area contributed by atoms with Crippen LogP contribution in [0.3, 0.4) is 0 Å². The third-order valence-electron chi connectivity index (χ3n) is 3.92. The average Bonchev–Trinajstić information content (AvgIpc) is 2.56. The van der Waals surface area contributed by atoms with Crippen molar-refractivity contribution in [3.63, 3.8) is 0 Å². The zero-order valence-corrected chi connectivity index (χ0v) is 13.3. The van der Waals surface area contributed by atoms with Crippen molar-refractivity contribution in [2.24, 2.45) is 0 Å². The summed E-state index contributed by atoms with van der Waals surface area (Å²) in [7, 11) is -3.83. The number of aromatic nitrogens is 1. The van der Waals surface area contributed by atoms with Gasteiger partial charge in [-0.25, -0.2) is 22.5 Å². The highest BCUT2D eigenvalue weighted by molar-refractivity contribution is 7.89. The van der Waals surface area contributed by atoms with Gasteiger partial charge in [-0.3, -0.25) is 0 Å². The Balaban J connectivity index is 1.64. The first-order chi connectivity index (χ1) is 11.1. The lowest BCUT2D eigenvalue weighted by Gasteiger charge is -2.32. The lowest BCUT2D eigenvalue weighted by Crippen LogP contribution is -2.45. The molecule has 2 aromatic rings. The SMILES string of the molecule is O=S(=O)(NC1CCN(c2ccccn2)CC1)c1ccccc1F. The average molecular weight is 335 g/mol. The summed E-state index contributed by atoms with van der Waals surface area (Å²) in [4.78, 5) is 6.12. The van der Waals surface area contributed by atoms with Crippen LogP contribution >= 0.6 is 0 Å². The number of halogens is 1. The molecule has 1 aliphatic rings. The van der Waals surface area contributed by atoms with Crippen molar-refractivity contribution in [2.45, 2.75) is 23.8 Å². The smallest absolute Gasteiger partial charge is 0.243 e. The predicted molar refractivity (Wildman–Crippen MR) is 86.2 cm³/mol. The number of hydrogen-bond acceptors (Lipinski definition) is 4. The van der Waals surface area contributed by atoms with Gasteiger partial charge in [-0.2, -0.15) is 0 Å². The summed E-state index contributed by atoms with van der Waals surface area (Å²) in [6.45, 7) is 1.42. The molecular formula is C16H18FN3O2S. The Morgan fingerprint density at radius 3 is 2.43 bits per heavy atom. The molecule has 1 aromatic heterocycles. The van der Waals surface area contributed by atoms with E-state index in [0.717, 1.165) is 11.9 Å². The van der Waals surface area contributed by atoms with E-state index < -0.39 is 15.8 Å². The second-order valence-corrected chi connectivity index (χ2v) is 7.18. The topological polar surface area (TPSA) is 62.3 Å². The molecule has 0 amide bonds. The van der Waals surface area contributed by atoms with Crippen LogP contribution in [-0.4, -0.2) is 32.5 Å². The van der Waals surface area contributed by atoms with Gasteiger partial charge in [0.15, 0.2) is 0 Å². The fraction of sp³-hybridized carbons (Fsp3) is 0.312. The van der Waals surface area contributed by atoms with E-state index in [9.17, 15) is 12.8 Å². The van der Waals surface area contributed by atoms with E-state index in [1.54, 1.807) is 6.20 Å². The van der Waals surface area contributed by atoms with Crippen LogP contribution in [0.15, 0.2) is 53.6 Å². The molecule has 0 spiro atoms. The molecule has 0 radical (unpaired) electrons. The van der Waals surface area contributed by atoms with Crippen LogP contribution in [0.4, 0.5) is 10.2 Å². The maximum absolute atomic E-state index is 13.7. The van der Waals surface area contributed by atoms with E-state index in [1.165, 1.54) is 18.2 Å². The minimum atomic E-state index is -3.83. The van der Waals surface area contributed by atoms with E-state index in [0.29, 0.717) is 25.9 Å². The van der Waals surface area contributed by atoms with Crippen LogP contribution in [0, 0.1) is 5.82 Å². The first-order valence-corrected chi connectivity index (χ1v) is 8.97. The Labute approximate surface area is 135 Å². The lowest BCUT2D eigenvalue weighted by molar-refractivity contribution is 0.456. The molecule has 7 heteroatoms. The quantitative estimate of drug-likeness (QED) is 0.930. The van der Waals surface area contributed by atoms with Crippen LogP contribution in [0.2, 0.25) is 0 Å². The Bertz CT molecular complexity index is 760. The Hall–Kier alpha value is -1.99. The first-order valence-electron chi connectivity index (χ1n) is 7.49. The molecule has 1 N–H and O–H groups in total. The summed E-state index contributed by atoms with van der Waals surface area (Å²) in [6, 6.07) is 10.9. The van der Waals surface area contributed by atoms with Gasteiger partial charge in [0, 0.05) is 25.3 Å². The molecule has 23 heavy (non-hydrogen) atoms. The molecule has 2 heterocycles. The van der Waals surface area contributed by atoms with Gasteiger partial charge >= 0.3 is 0 Å². The number of anilines is 1. The van der Waals surface area contributed by atoms with Crippen molar-refractivity contribution in [3.8, 4) is 0 Å². The molecule has 0 aliphatic carbocycles. The molecule has 0 bridgehead atoms. The molecule has 3 rings (SSSR count). The molecule has 0 unspecified atom stereocenters. The van der Waals surface area contributed by atoms with Gasteiger partial charge in [0.05, 0.1) is 0 Å². The van der Waals surface area contributed by atoms with Crippen molar-refractivity contribution >= 4 is 15.8 Å². The summed E-state index contributed by atoms with van der Waals surface area (Å²) >= 11 is 0. The van der Waals surface area contributed by atoms with Gasteiger partial charge < -0.3 is 4.90 Å². The number of rotatable bonds is 4. The van der Waals surface area contributed by atoms with Gasteiger partial charge in [0.25, 0.3) is 0 Å². The standard InChI is InChI=1S/C16H18FN3O2S/c17-14-5-1-2-6-15(14)23(21,22)19-13-8-11-20(12-9-13)16-7-3-4-10-18-16/h1-7,10,13,19H,8-9,11-12H2. The number of piperidine rings is 1. The highest BCUT2D eigenvalue weighted by Gasteiger charge is 2.26. The fourth-order valence-electron chi connectivity index (χ4n) is 2.71. The predicted octanol–water partition coefficient (Wildman–Crippen LogP) is 2.17. The minimum absolute atomic E-state index is 0.195. The van der Waals surface area contributed by atoms with Gasteiger partial charge in [0.2, 0.25) is 10.0 Å². The number of pyridine rings is 1. The Kier molecular flexibility index (Phi) is 4.58. The van der Waals surface area contributed by atoms with Gasteiger partial charge in [-0.1, -0.05) is 18.2 Å². The van der Waals surface area contributed by atoms with E-state index >= 15 is 0 Å². The van der Waals surface area contributed by atoms with Crippen LogP contribution in [0.1, 0.15) is 12.8 Å². The van der Waals surface area contributed by atoms with Crippen molar-refractivity contribution in [1.29, 1.82) is 0 Å². The highest BCUT2D eigenvalue weighted by atomic mass is 32.2. The van der Waals surface area contributed by atoms with E-state index in [1.807, 2.05) is 18.2 Å². The van der Waals surface area contributed by atoms with Crippen molar-refractivity contribution in [3.05, 3.63) is 54.5 Å². The molecular weight excluding hydrogens is 317 g/mol. The Morgan fingerprint density at radius 2 is 1.78 bits per heavy atom. The zero-order valence-electron chi connectivity index (χ0n) is 12.5. The molecule has 0 saturated carbocycles. The number of benzene rings is 1. The number of sulfonamides is 1. The monoisotopic (exact) mass is 335 g/mol. The summed E-state index contributed by atoms with van der Waals surface area (Å²) in [6.07, 6.45) is 3.05. The van der Waals surface area contributed by atoms with Crippen LogP contribution in [0.5, 0.6) is 0 Å². The fourth-order valence-corrected chi connectivity index (χ4v) is 4.10. The van der Waals surface area contributed by atoms with Crippen LogP contribution in [-0.2, 0) is 10.0 Å². The summed E-state index contributed by atoms with van der Waals surface area (Å²) in [5.74, 6) is 0.161. The second-order valence-electron chi connectivity index (χ2n) is 5.50. The molecule has 1 fully saturated rings. The van der Waals surface area contributed by atoms with E-state index in [2.05, 4.69) is 14.6 Å². The molecule has 0 atom stereocenters. The van der Waals surface area contributed by atoms with Crippen molar-refractivity contribution < 1.29 is 12.8 Å². The normalized spacial score (nSPS) is 16.5. The van der Waals surface area contributed by atoms with Crippen molar-refractivity contribution in [1.82, 2.24) is 9.71 Å². The van der Waals surface area contributed by atoms with Gasteiger partial charge in [-0.05, 0) is 37.1 Å². The molecule has 122 valence electrons. The maximum Gasteiger partial charge on any atom is 0.243 e. The summed E-state index contributed by atoms with van der Waals surface area (Å²) in [5.41, 5.74) is 0. The third-order valence-corrected chi connectivity index (χ3v) is 5.47. The van der Waals surface area contributed by atoms with E-state index in [4.69, 9.17) is 0 Å². The first kappa shape index (κ1) is 15.9. The summed E-state index contributed by atoms with van der Waals surface area (Å²) in [5, 5.41) is 0. The second kappa shape index (κ2) is 6.64. The van der Waals surface area contributed by atoms with Crippen LogP contribution in [0.25, 0.3) is 0 Å². The number of nitrogens with one attached hydrogen (secondary N) is 1. The Morgan fingerprint density at radius 1 is 1.09 bits per heavy atom. The number of nitrogens with zero attached hydrogens (tertiary/aromatic N) is 2. The third kappa shape index (κ3) is 3.68. The zero-order chi connectivity index (χ0) is 16.3. The number of hydrogen-bond donors (Lipinski definition) is 1. The van der Waals surface area contributed by atoms with Gasteiger partial charge in [-0.15, -0.1) is 0 Å². The van der Waals surface area contributed by atoms with E-state index in [-0.39, 0.29) is 10.9 Å². The lowest BCUT2D eigenvalue weighted by atomic mass is 10.1. The van der Waals surface area contributed by atoms with Crippen molar-refractivity contribution in [2.75, 3.05) is 18.0 Å². The largest absolute Gasteiger partial charge is 0.357 e.